The van der Waals surface area contributed by atoms with Gasteiger partial charge in [-0.2, -0.15) is 32.1 Å². The van der Waals surface area contributed by atoms with Crippen molar-refractivity contribution in [2.45, 2.75) is 38.0 Å². The zero-order valence-corrected chi connectivity index (χ0v) is 14.5. The molecule has 1 atom stereocenters. The molecule has 0 aliphatic heterocycles. The maximum Gasteiger partial charge on any atom is 0.435 e. The molecule has 0 bridgehead atoms. The second-order valence-electron chi connectivity index (χ2n) is 5.74. The van der Waals surface area contributed by atoms with Crippen LogP contribution in [0.15, 0.2) is 23.4 Å². The van der Waals surface area contributed by atoms with E-state index in [-0.39, 0.29) is 23.5 Å². The third kappa shape index (κ3) is 4.78. The van der Waals surface area contributed by atoms with E-state index in [2.05, 4.69) is 14.9 Å². The number of sulfonamides is 1. The van der Waals surface area contributed by atoms with Crippen molar-refractivity contribution >= 4 is 10.0 Å². The Kier molecular flexibility index (Phi) is 5.70. The van der Waals surface area contributed by atoms with E-state index in [4.69, 9.17) is 0 Å². The van der Waals surface area contributed by atoms with Gasteiger partial charge in [0.15, 0.2) is 5.69 Å². The minimum atomic E-state index is -4.56. The standard InChI is InChI=1S/C13H16F5N5O2S/c1-8(6-22-9(2)3-11(21-22)13(16,17)18)4-20-26(24,25)10-5-19-23(7-10)12(14)15/h3,5,7-8,12,20H,4,6H2,1-2H3/t8-/m0/s1. The molecular weight excluding hydrogens is 385 g/mol. The predicted octanol–water partition coefficient (Wildman–Crippen LogP) is 2.42. The minimum Gasteiger partial charge on any atom is -0.269 e. The Morgan fingerprint density at radius 3 is 2.46 bits per heavy atom. The van der Waals surface area contributed by atoms with E-state index < -0.39 is 39.3 Å². The van der Waals surface area contributed by atoms with E-state index in [1.165, 1.54) is 6.92 Å². The first-order valence-corrected chi connectivity index (χ1v) is 8.82. The maximum absolute atomic E-state index is 12.6. The van der Waals surface area contributed by atoms with Crippen molar-refractivity contribution in [3.05, 3.63) is 29.8 Å². The third-order valence-electron chi connectivity index (χ3n) is 3.47. The number of hydrogen-bond acceptors (Lipinski definition) is 4. The van der Waals surface area contributed by atoms with Gasteiger partial charge in [0, 0.05) is 18.8 Å². The van der Waals surface area contributed by atoms with E-state index in [1.54, 1.807) is 6.92 Å². The van der Waals surface area contributed by atoms with Crippen molar-refractivity contribution in [2.75, 3.05) is 6.54 Å². The van der Waals surface area contributed by atoms with Crippen LogP contribution in [0, 0.1) is 12.8 Å². The molecule has 0 aromatic carbocycles. The summed E-state index contributed by atoms with van der Waals surface area (Å²) in [5, 5.41) is 6.71. The summed E-state index contributed by atoms with van der Waals surface area (Å²) >= 11 is 0. The minimum absolute atomic E-state index is 0.0424. The largest absolute Gasteiger partial charge is 0.435 e. The van der Waals surface area contributed by atoms with Crippen LogP contribution >= 0.6 is 0 Å². The average molecular weight is 401 g/mol. The molecule has 0 spiro atoms. The van der Waals surface area contributed by atoms with Gasteiger partial charge < -0.3 is 0 Å². The van der Waals surface area contributed by atoms with Crippen LogP contribution < -0.4 is 4.72 Å². The molecule has 1 N–H and O–H groups in total. The number of aromatic nitrogens is 4. The fourth-order valence-corrected chi connectivity index (χ4v) is 3.20. The lowest BCUT2D eigenvalue weighted by Crippen LogP contribution is -2.30. The molecule has 0 aliphatic carbocycles. The highest BCUT2D eigenvalue weighted by Gasteiger charge is 2.34. The molecule has 2 aromatic heterocycles. The number of rotatable bonds is 7. The third-order valence-corrected chi connectivity index (χ3v) is 4.84. The topological polar surface area (TPSA) is 81.8 Å². The number of nitrogens with one attached hydrogen (secondary N) is 1. The molecule has 13 heteroatoms. The molecule has 146 valence electrons. The summed E-state index contributed by atoms with van der Waals surface area (Å²) in [4.78, 5) is -0.431. The summed E-state index contributed by atoms with van der Waals surface area (Å²) in [6, 6.07) is 0.898. The smallest absolute Gasteiger partial charge is 0.269 e. The quantitative estimate of drug-likeness (QED) is 0.723. The maximum atomic E-state index is 12.6. The van der Waals surface area contributed by atoms with E-state index in [0.29, 0.717) is 6.20 Å². The second kappa shape index (κ2) is 7.31. The number of hydrogen-bond donors (Lipinski definition) is 1. The van der Waals surface area contributed by atoms with Crippen molar-refractivity contribution in [2.24, 2.45) is 5.92 Å². The summed E-state index contributed by atoms with van der Waals surface area (Å²) in [6.45, 7) is 0.0180. The predicted molar refractivity (Wildman–Crippen MR) is 79.8 cm³/mol. The summed E-state index contributed by atoms with van der Waals surface area (Å²) < 4.78 is 90.5. The van der Waals surface area contributed by atoms with E-state index >= 15 is 0 Å². The van der Waals surface area contributed by atoms with Crippen LogP contribution in [0.1, 0.15) is 24.9 Å². The molecule has 7 nitrogen and oxygen atoms in total. The Bertz CT molecular complexity index is 859. The van der Waals surface area contributed by atoms with Gasteiger partial charge in [0.2, 0.25) is 10.0 Å². The molecule has 0 radical (unpaired) electrons. The zero-order valence-electron chi connectivity index (χ0n) is 13.7. The number of halogens is 5. The summed E-state index contributed by atoms with van der Waals surface area (Å²) in [6.07, 6.45) is -3.09. The molecule has 0 aliphatic rings. The first kappa shape index (κ1) is 20.3. The average Bonchev–Trinajstić information content (AvgIpc) is 3.13. The van der Waals surface area contributed by atoms with Crippen molar-refractivity contribution in [3.63, 3.8) is 0 Å². The van der Waals surface area contributed by atoms with Gasteiger partial charge in [-0.15, -0.1) is 0 Å². The van der Waals surface area contributed by atoms with Gasteiger partial charge in [-0.25, -0.2) is 17.8 Å². The van der Waals surface area contributed by atoms with Gasteiger partial charge in [-0.05, 0) is 18.9 Å². The van der Waals surface area contributed by atoms with Gasteiger partial charge >= 0.3 is 12.7 Å². The number of alkyl halides is 5. The Morgan fingerprint density at radius 1 is 1.31 bits per heavy atom. The lowest BCUT2D eigenvalue weighted by atomic mass is 10.2. The van der Waals surface area contributed by atoms with Crippen molar-refractivity contribution in [3.8, 4) is 0 Å². The van der Waals surface area contributed by atoms with Crippen LogP contribution in [0.25, 0.3) is 0 Å². The van der Waals surface area contributed by atoms with Crippen LogP contribution in [-0.4, -0.2) is 34.5 Å². The van der Waals surface area contributed by atoms with Crippen LogP contribution in [0.2, 0.25) is 0 Å². The van der Waals surface area contributed by atoms with E-state index in [1.807, 2.05) is 0 Å². The highest BCUT2D eigenvalue weighted by Crippen LogP contribution is 2.28. The molecule has 26 heavy (non-hydrogen) atoms. The number of nitrogens with zero attached hydrogens (tertiary/aromatic N) is 4. The molecule has 0 unspecified atom stereocenters. The first-order valence-electron chi connectivity index (χ1n) is 7.34. The van der Waals surface area contributed by atoms with Crippen molar-refractivity contribution in [1.29, 1.82) is 0 Å². The Morgan fingerprint density at radius 2 is 1.96 bits per heavy atom. The summed E-state index contributed by atoms with van der Waals surface area (Å²) in [5.74, 6) is -0.408. The molecule has 2 heterocycles. The zero-order chi connectivity index (χ0) is 19.7. The second-order valence-corrected chi connectivity index (χ2v) is 7.51. The Labute approximate surface area is 145 Å². The molecule has 2 rings (SSSR count). The fraction of sp³-hybridized carbons (Fsp3) is 0.538. The van der Waals surface area contributed by atoms with Crippen LogP contribution in [-0.2, 0) is 22.7 Å². The fourth-order valence-electron chi connectivity index (χ4n) is 2.09. The molecule has 0 amide bonds. The lowest BCUT2D eigenvalue weighted by molar-refractivity contribution is -0.141. The highest BCUT2D eigenvalue weighted by molar-refractivity contribution is 7.89. The monoisotopic (exact) mass is 401 g/mol. The molecule has 0 saturated heterocycles. The molecule has 0 fully saturated rings. The van der Waals surface area contributed by atoms with Crippen molar-refractivity contribution in [1.82, 2.24) is 24.3 Å². The van der Waals surface area contributed by atoms with E-state index in [9.17, 15) is 30.4 Å². The normalized spacial score (nSPS) is 14.2. The molecule has 2 aromatic rings. The van der Waals surface area contributed by atoms with Crippen LogP contribution in [0.3, 0.4) is 0 Å². The van der Waals surface area contributed by atoms with Crippen LogP contribution in [0.4, 0.5) is 22.0 Å². The van der Waals surface area contributed by atoms with Gasteiger partial charge in [-0.3, -0.25) is 4.68 Å². The summed E-state index contributed by atoms with van der Waals surface area (Å²) in [5.41, 5.74) is -0.743. The SMILES string of the molecule is Cc1cc(C(F)(F)F)nn1C[C@@H](C)CNS(=O)(=O)c1cnn(C(F)F)c1. The first-order chi connectivity index (χ1) is 11.9. The van der Waals surface area contributed by atoms with Gasteiger partial charge in [-0.1, -0.05) is 6.92 Å². The van der Waals surface area contributed by atoms with Gasteiger partial charge in [0.1, 0.15) is 4.90 Å². The highest BCUT2D eigenvalue weighted by atomic mass is 32.2. The number of aryl methyl sites for hydroxylation is 1. The Hall–Kier alpha value is -2.02. The van der Waals surface area contributed by atoms with Gasteiger partial charge in [0.25, 0.3) is 0 Å². The van der Waals surface area contributed by atoms with E-state index in [0.717, 1.165) is 16.9 Å². The van der Waals surface area contributed by atoms with Gasteiger partial charge in [0.05, 0.1) is 12.4 Å². The Balaban J connectivity index is 1.99. The summed E-state index contributed by atoms with van der Waals surface area (Å²) in [7, 11) is -4.06. The van der Waals surface area contributed by atoms with Crippen molar-refractivity contribution < 1.29 is 30.4 Å². The molecule has 0 saturated carbocycles. The van der Waals surface area contributed by atoms with Crippen LogP contribution in [0.5, 0.6) is 0 Å². The molecular formula is C13H16F5N5O2S. The lowest BCUT2D eigenvalue weighted by Gasteiger charge is -2.13.